The van der Waals surface area contributed by atoms with Crippen LogP contribution in [0, 0.1) is 18.8 Å². The maximum atomic E-state index is 13.3. The largest absolute Gasteiger partial charge is 0.508 e. The van der Waals surface area contributed by atoms with E-state index in [-0.39, 0.29) is 17.9 Å². The minimum Gasteiger partial charge on any atom is -0.508 e. The molecule has 3 fully saturated rings. The highest BCUT2D eigenvalue weighted by Gasteiger charge is 2.47. The highest BCUT2D eigenvalue weighted by Crippen LogP contribution is 2.49. The van der Waals surface area contributed by atoms with Gasteiger partial charge < -0.3 is 15.1 Å². The second kappa shape index (κ2) is 10.4. The number of rotatable bonds is 10. The van der Waals surface area contributed by atoms with Gasteiger partial charge >= 0.3 is 0 Å². The Morgan fingerprint density at radius 1 is 1.20 bits per heavy atom. The molecular formula is C29H45N3O3. The summed E-state index contributed by atoms with van der Waals surface area (Å²) < 4.78 is 0. The van der Waals surface area contributed by atoms with Gasteiger partial charge in [-0.25, -0.2) is 0 Å². The van der Waals surface area contributed by atoms with Gasteiger partial charge in [0.25, 0.3) is 0 Å². The number of fused-ring (bicyclic) bond motifs is 4. The molecule has 2 heterocycles. The molecule has 2 unspecified atom stereocenters. The van der Waals surface area contributed by atoms with Crippen molar-refractivity contribution < 1.29 is 15.0 Å². The van der Waals surface area contributed by atoms with Crippen LogP contribution >= 0.6 is 0 Å². The van der Waals surface area contributed by atoms with E-state index in [1.807, 2.05) is 17.9 Å². The number of carbonyl (C=O) groups excluding carboxylic acids is 1. The average Bonchev–Trinajstić information content (AvgIpc) is 3.56. The molecular weight excluding hydrogens is 438 g/mol. The van der Waals surface area contributed by atoms with Crippen LogP contribution in [0.2, 0.25) is 0 Å². The Kier molecular flexibility index (Phi) is 7.43. The van der Waals surface area contributed by atoms with Gasteiger partial charge in [0, 0.05) is 44.2 Å². The molecule has 5 rings (SSSR count). The van der Waals surface area contributed by atoms with E-state index in [0.29, 0.717) is 37.2 Å². The number of piperidine rings is 1. The number of benzene rings is 1. The topological polar surface area (TPSA) is 67.2 Å². The number of carbonyl (C=O) groups is 1. The highest BCUT2D eigenvalue weighted by molar-refractivity contribution is 5.78. The quantitative estimate of drug-likeness (QED) is 0.535. The van der Waals surface area contributed by atoms with Crippen LogP contribution in [-0.4, -0.2) is 89.3 Å². The number of amides is 1. The number of nitrogens with zero attached hydrogens (tertiary/aromatic N) is 3. The van der Waals surface area contributed by atoms with Crippen LogP contribution in [0.1, 0.15) is 68.6 Å². The minimum absolute atomic E-state index is 0.0172. The molecule has 4 aliphatic rings. The number of phenolic OH excluding ortho intramolecular Hbond substituents is 1. The summed E-state index contributed by atoms with van der Waals surface area (Å²) in [5.41, 5.74) is 3.71. The number of aliphatic hydroxyl groups is 1. The van der Waals surface area contributed by atoms with Crippen molar-refractivity contribution in [1.29, 1.82) is 0 Å². The summed E-state index contributed by atoms with van der Waals surface area (Å²) in [4.78, 5) is 20.4. The van der Waals surface area contributed by atoms with Gasteiger partial charge in [-0.15, -0.1) is 0 Å². The molecule has 0 radical (unpaired) electrons. The first kappa shape index (κ1) is 25.0. The standard InChI is InChI=1S/C29H45N3O3/c1-21-6-10-30(18-21)20-28(35)31(9-3-13-33)11-7-29-8-12-32(19-23-4-5-23)25(17-29)15-24-14-22(2)27(34)16-26(24)29/h14,16,21,23,25,33-34H,3-13,15,17-20H2,1-2H3/t21-,25?,29?/m1/s1. The van der Waals surface area contributed by atoms with Gasteiger partial charge in [-0.2, -0.15) is 0 Å². The van der Waals surface area contributed by atoms with Crippen LogP contribution in [0.3, 0.4) is 0 Å². The van der Waals surface area contributed by atoms with Gasteiger partial charge in [-0.05, 0) is 106 Å². The fourth-order valence-electron chi connectivity index (χ4n) is 7.01. The zero-order chi connectivity index (χ0) is 24.6. The average molecular weight is 484 g/mol. The van der Waals surface area contributed by atoms with Crippen LogP contribution in [0.4, 0.5) is 0 Å². The number of aliphatic hydroxyl groups excluding tert-OH is 1. The van der Waals surface area contributed by atoms with Crippen LogP contribution in [0.25, 0.3) is 0 Å². The summed E-state index contributed by atoms with van der Waals surface area (Å²) in [6.45, 7) is 10.6. The molecule has 1 amide bonds. The first-order chi connectivity index (χ1) is 16.9. The Morgan fingerprint density at radius 3 is 2.74 bits per heavy atom. The van der Waals surface area contributed by atoms with Gasteiger partial charge in [0.2, 0.25) is 5.91 Å². The summed E-state index contributed by atoms with van der Waals surface area (Å²) >= 11 is 0. The Balaban J connectivity index is 1.34. The molecule has 3 atom stereocenters. The van der Waals surface area contributed by atoms with E-state index in [0.717, 1.165) is 63.3 Å². The zero-order valence-electron chi connectivity index (χ0n) is 21.8. The molecule has 2 aliphatic carbocycles. The number of aromatic hydroxyl groups is 1. The molecule has 6 nitrogen and oxygen atoms in total. The Morgan fingerprint density at radius 2 is 2.03 bits per heavy atom. The predicted octanol–water partition coefficient (Wildman–Crippen LogP) is 3.31. The lowest BCUT2D eigenvalue weighted by Crippen LogP contribution is -2.54. The van der Waals surface area contributed by atoms with E-state index in [1.54, 1.807) is 0 Å². The van der Waals surface area contributed by atoms with Gasteiger partial charge in [0.05, 0.1) is 6.54 Å². The van der Waals surface area contributed by atoms with Crippen molar-refractivity contribution in [2.75, 3.05) is 52.4 Å². The lowest BCUT2D eigenvalue weighted by molar-refractivity contribution is -0.132. The van der Waals surface area contributed by atoms with Crippen LogP contribution in [0.15, 0.2) is 12.1 Å². The number of aryl methyl sites for hydroxylation is 1. The molecule has 2 N–H and O–H groups in total. The van der Waals surface area contributed by atoms with Crippen molar-refractivity contribution in [3.05, 3.63) is 28.8 Å². The number of hydrogen-bond donors (Lipinski definition) is 2. The van der Waals surface area contributed by atoms with Crippen molar-refractivity contribution >= 4 is 5.91 Å². The molecule has 0 aromatic heterocycles. The van der Waals surface area contributed by atoms with Crippen LogP contribution in [-0.2, 0) is 16.6 Å². The fourth-order valence-corrected chi connectivity index (χ4v) is 7.01. The van der Waals surface area contributed by atoms with Crippen molar-refractivity contribution in [3.8, 4) is 5.75 Å². The number of likely N-dealkylation sites (tertiary alicyclic amines) is 2. The molecule has 2 aliphatic heterocycles. The summed E-state index contributed by atoms with van der Waals surface area (Å²) in [5, 5.41) is 20.1. The Bertz CT molecular complexity index is 917. The van der Waals surface area contributed by atoms with Gasteiger partial charge in [-0.3, -0.25) is 14.6 Å². The van der Waals surface area contributed by atoms with E-state index >= 15 is 0 Å². The second-order valence-corrected chi connectivity index (χ2v) is 12.2. The van der Waals surface area contributed by atoms with Crippen LogP contribution in [0.5, 0.6) is 5.75 Å². The number of phenols is 1. The maximum Gasteiger partial charge on any atom is 0.236 e. The summed E-state index contributed by atoms with van der Waals surface area (Å²) in [5.74, 6) is 2.17. The SMILES string of the molecule is Cc1cc2c(cc1O)C1(CCN(CCCO)C(=O)CN3CC[C@@H](C)C3)CCN(CC3CC3)C(C2)C1. The van der Waals surface area contributed by atoms with Crippen molar-refractivity contribution in [2.45, 2.75) is 76.7 Å². The first-order valence-electron chi connectivity index (χ1n) is 14.0. The molecule has 6 heteroatoms. The predicted molar refractivity (Wildman–Crippen MR) is 139 cm³/mol. The molecule has 194 valence electrons. The number of hydrogen-bond acceptors (Lipinski definition) is 5. The molecule has 0 spiro atoms. The van der Waals surface area contributed by atoms with E-state index in [2.05, 4.69) is 22.8 Å². The molecule has 1 aromatic carbocycles. The van der Waals surface area contributed by atoms with E-state index in [9.17, 15) is 15.0 Å². The molecule has 1 saturated carbocycles. The highest BCUT2D eigenvalue weighted by atomic mass is 16.3. The van der Waals surface area contributed by atoms with Gasteiger partial charge in [0.1, 0.15) is 5.75 Å². The van der Waals surface area contributed by atoms with E-state index in [1.165, 1.54) is 36.9 Å². The van der Waals surface area contributed by atoms with Crippen molar-refractivity contribution in [3.63, 3.8) is 0 Å². The molecule has 1 aromatic rings. The third-order valence-electron chi connectivity index (χ3n) is 9.32. The van der Waals surface area contributed by atoms with E-state index < -0.39 is 0 Å². The Labute approximate surface area is 211 Å². The Hall–Kier alpha value is -1.63. The van der Waals surface area contributed by atoms with Gasteiger partial charge in [-0.1, -0.05) is 13.0 Å². The monoisotopic (exact) mass is 483 g/mol. The van der Waals surface area contributed by atoms with Gasteiger partial charge in [0.15, 0.2) is 0 Å². The van der Waals surface area contributed by atoms with Crippen molar-refractivity contribution in [1.82, 2.24) is 14.7 Å². The zero-order valence-corrected chi connectivity index (χ0v) is 21.8. The molecule has 35 heavy (non-hydrogen) atoms. The smallest absolute Gasteiger partial charge is 0.236 e. The molecule has 2 saturated heterocycles. The normalized spacial score (nSPS) is 28.8. The second-order valence-electron chi connectivity index (χ2n) is 12.2. The van der Waals surface area contributed by atoms with E-state index in [4.69, 9.17) is 0 Å². The maximum absolute atomic E-state index is 13.3. The lowest BCUT2D eigenvalue weighted by atomic mass is 9.62. The third-order valence-corrected chi connectivity index (χ3v) is 9.32. The fraction of sp³-hybridized carbons (Fsp3) is 0.759. The molecule has 2 bridgehead atoms. The minimum atomic E-state index is 0.0172. The summed E-state index contributed by atoms with van der Waals surface area (Å²) in [7, 11) is 0. The third kappa shape index (κ3) is 5.55. The first-order valence-corrected chi connectivity index (χ1v) is 14.0. The summed E-state index contributed by atoms with van der Waals surface area (Å²) in [6, 6.07) is 4.83. The van der Waals surface area contributed by atoms with Crippen LogP contribution < -0.4 is 0 Å². The summed E-state index contributed by atoms with van der Waals surface area (Å²) in [6.07, 6.45) is 8.80. The van der Waals surface area contributed by atoms with Crippen molar-refractivity contribution in [2.24, 2.45) is 11.8 Å². The lowest BCUT2D eigenvalue weighted by Gasteiger charge is -2.52.